The first-order chi connectivity index (χ1) is 9.19. The highest BCUT2D eigenvalue weighted by Crippen LogP contribution is 2.36. The van der Waals surface area contributed by atoms with Gasteiger partial charge in [0, 0.05) is 0 Å². The molecule has 20 heavy (non-hydrogen) atoms. The van der Waals surface area contributed by atoms with E-state index in [4.69, 9.17) is 0 Å². The third-order valence-electron chi connectivity index (χ3n) is 4.34. The van der Waals surface area contributed by atoms with E-state index < -0.39 is 16.1 Å². The highest BCUT2D eigenvalue weighted by Gasteiger charge is 2.27. The third-order valence-corrected chi connectivity index (χ3v) is 8.63. The second-order valence-electron chi connectivity index (χ2n) is 8.17. The molecule has 0 fully saturated rings. The van der Waals surface area contributed by atoms with E-state index in [1.165, 1.54) is 25.7 Å². The van der Waals surface area contributed by atoms with E-state index in [9.17, 15) is 0 Å². The van der Waals surface area contributed by atoms with Crippen LogP contribution in [0.2, 0.25) is 39.3 Å². The van der Waals surface area contributed by atoms with Crippen LogP contribution in [-0.2, 0) is 0 Å². The van der Waals surface area contributed by atoms with Gasteiger partial charge in [0.1, 0.15) is 0 Å². The molecule has 0 nitrogen and oxygen atoms in total. The molecule has 0 bridgehead atoms. The molecule has 0 amide bonds. The van der Waals surface area contributed by atoms with Gasteiger partial charge >= 0.3 is 0 Å². The van der Waals surface area contributed by atoms with Crippen molar-refractivity contribution < 1.29 is 0 Å². The lowest BCUT2D eigenvalue weighted by atomic mass is 10.1. The molecule has 0 atom stereocenters. The van der Waals surface area contributed by atoms with Crippen molar-refractivity contribution >= 4 is 16.1 Å². The smallest absolute Gasteiger partial charge is 0.0775 e. The van der Waals surface area contributed by atoms with Crippen molar-refractivity contribution in [2.75, 3.05) is 0 Å². The molecule has 2 aliphatic rings. The summed E-state index contributed by atoms with van der Waals surface area (Å²) in [6, 6.07) is 0. The molecule has 0 aromatic heterocycles. The lowest BCUT2D eigenvalue weighted by Gasteiger charge is -2.24. The fraction of sp³-hybridized carbons (Fsp3) is 0.556. The lowest BCUT2D eigenvalue weighted by molar-refractivity contribution is 0.960. The predicted octanol–water partition coefficient (Wildman–Crippen LogP) is 6.03. The normalized spacial score (nSPS) is 19.7. The molecule has 110 valence electrons. The van der Waals surface area contributed by atoms with Crippen LogP contribution in [-0.4, -0.2) is 16.1 Å². The maximum atomic E-state index is 2.49. The molecule has 0 spiro atoms. The summed E-state index contributed by atoms with van der Waals surface area (Å²) in [4.78, 5) is 0. The Morgan fingerprint density at radius 2 is 1.00 bits per heavy atom. The fourth-order valence-corrected chi connectivity index (χ4v) is 7.28. The van der Waals surface area contributed by atoms with Gasteiger partial charge in [-0.05, 0) is 25.7 Å². The number of allylic oxidation sites excluding steroid dienone is 8. The molecule has 0 aliphatic heterocycles. The molecule has 2 heteroatoms. The number of rotatable bonds is 5. The SMILES string of the molecule is C[Si](C)(C)C1=CCC=C1CCC1=CCC=C1[Si](C)(C)C. The van der Waals surface area contributed by atoms with Gasteiger partial charge in [0.05, 0.1) is 16.1 Å². The van der Waals surface area contributed by atoms with Crippen molar-refractivity contribution in [2.45, 2.75) is 65.0 Å². The number of hydrogen-bond acceptors (Lipinski definition) is 0. The average Bonchev–Trinajstić information content (AvgIpc) is 2.93. The van der Waals surface area contributed by atoms with Gasteiger partial charge in [-0.15, -0.1) is 0 Å². The van der Waals surface area contributed by atoms with Crippen molar-refractivity contribution in [3.8, 4) is 0 Å². The Labute approximate surface area is 127 Å². The predicted molar refractivity (Wildman–Crippen MR) is 97.5 cm³/mol. The van der Waals surface area contributed by atoms with Gasteiger partial charge in [0.25, 0.3) is 0 Å². The van der Waals surface area contributed by atoms with E-state index in [-0.39, 0.29) is 0 Å². The molecule has 0 heterocycles. The largest absolute Gasteiger partial charge is 0.0812 e. The summed E-state index contributed by atoms with van der Waals surface area (Å²) in [5.74, 6) is 0. The molecular formula is C18H30Si2. The molecule has 0 saturated carbocycles. The summed E-state index contributed by atoms with van der Waals surface area (Å²) in [5, 5.41) is 3.43. The maximum absolute atomic E-state index is 2.49. The third kappa shape index (κ3) is 3.53. The average molecular weight is 303 g/mol. The molecule has 0 saturated heterocycles. The van der Waals surface area contributed by atoms with Crippen LogP contribution in [0.25, 0.3) is 0 Å². The van der Waals surface area contributed by atoms with Crippen LogP contribution in [0, 0.1) is 0 Å². The zero-order valence-electron chi connectivity index (χ0n) is 14.1. The Morgan fingerprint density at radius 1 is 0.650 bits per heavy atom. The first kappa shape index (κ1) is 15.8. The minimum Gasteiger partial charge on any atom is -0.0812 e. The van der Waals surface area contributed by atoms with Crippen molar-refractivity contribution in [1.29, 1.82) is 0 Å². The standard InChI is InChI=1S/C18H30Si2/c1-19(2,3)17-11-7-9-15(17)13-14-16-10-8-12-18(16)20(4,5)6/h9-12H,7-8,13-14H2,1-6H3. The molecular weight excluding hydrogens is 272 g/mol. The van der Waals surface area contributed by atoms with E-state index in [0.29, 0.717) is 0 Å². The van der Waals surface area contributed by atoms with E-state index in [0.717, 1.165) is 0 Å². The van der Waals surface area contributed by atoms with Crippen LogP contribution < -0.4 is 0 Å². The summed E-state index contributed by atoms with van der Waals surface area (Å²) in [7, 11) is -2.30. The van der Waals surface area contributed by atoms with E-state index in [2.05, 4.69) is 63.6 Å². The Bertz CT molecular complexity index is 455. The van der Waals surface area contributed by atoms with Crippen LogP contribution in [0.1, 0.15) is 25.7 Å². The Kier molecular flexibility index (Phi) is 4.45. The molecule has 2 aliphatic carbocycles. The van der Waals surface area contributed by atoms with Gasteiger partial charge in [-0.2, -0.15) is 0 Å². The van der Waals surface area contributed by atoms with Gasteiger partial charge in [-0.1, -0.05) is 85.1 Å². The summed E-state index contributed by atoms with van der Waals surface area (Å²) in [5.41, 5.74) is 3.32. The Balaban J connectivity index is 2.01. The second kappa shape index (κ2) is 5.65. The highest BCUT2D eigenvalue weighted by molar-refractivity contribution is 6.84. The van der Waals surface area contributed by atoms with Crippen LogP contribution >= 0.6 is 0 Å². The van der Waals surface area contributed by atoms with Crippen LogP contribution in [0.15, 0.2) is 45.8 Å². The molecule has 0 aromatic rings. The quantitative estimate of drug-likeness (QED) is 0.544. The van der Waals surface area contributed by atoms with Crippen LogP contribution in [0.3, 0.4) is 0 Å². The molecule has 0 N–H and O–H groups in total. The summed E-state index contributed by atoms with van der Waals surface area (Å²) < 4.78 is 0. The molecule has 2 rings (SSSR count). The summed E-state index contributed by atoms with van der Waals surface area (Å²) >= 11 is 0. The van der Waals surface area contributed by atoms with Crippen LogP contribution in [0.4, 0.5) is 0 Å². The number of hydrogen-bond donors (Lipinski definition) is 0. The zero-order chi connectivity index (χ0) is 15.0. The maximum Gasteiger partial charge on any atom is 0.0775 e. The summed E-state index contributed by atoms with van der Waals surface area (Å²) in [6.45, 7) is 14.8. The minimum atomic E-state index is -1.15. The first-order valence-electron chi connectivity index (χ1n) is 7.99. The van der Waals surface area contributed by atoms with Crippen molar-refractivity contribution in [1.82, 2.24) is 0 Å². The van der Waals surface area contributed by atoms with Crippen LogP contribution in [0.5, 0.6) is 0 Å². The van der Waals surface area contributed by atoms with E-state index in [1.807, 2.05) is 0 Å². The van der Waals surface area contributed by atoms with Crippen molar-refractivity contribution in [3.63, 3.8) is 0 Å². The molecule has 0 radical (unpaired) electrons. The van der Waals surface area contributed by atoms with Gasteiger partial charge in [0.2, 0.25) is 0 Å². The van der Waals surface area contributed by atoms with Gasteiger partial charge in [-0.3, -0.25) is 0 Å². The Hall–Kier alpha value is -0.606. The van der Waals surface area contributed by atoms with Crippen molar-refractivity contribution in [2.24, 2.45) is 0 Å². The Morgan fingerprint density at radius 3 is 1.30 bits per heavy atom. The highest BCUT2D eigenvalue weighted by atomic mass is 28.3. The lowest BCUT2D eigenvalue weighted by Crippen LogP contribution is -2.25. The van der Waals surface area contributed by atoms with Crippen molar-refractivity contribution in [3.05, 3.63) is 45.8 Å². The topological polar surface area (TPSA) is 0 Å². The van der Waals surface area contributed by atoms with E-state index >= 15 is 0 Å². The molecule has 0 aromatic carbocycles. The fourth-order valence-electron chi connectivity index (χ4n) is 3.44. The van der Waals surface area contributed by atoms with E-state index in [1.54, 1.807) is 21.5 Å². The van der Waals surface area contributed by atoms with Gasteiger partial charge < -0.3 is 0 Å². The zero-order valence-corrected chi connectivity index (χ0v) is 16.1. The minimum absolute atomic E-state index is 1.15. The van der Waals surface area contributed by atoms with Gasteiger partial charge in [-0.25, -0.2) is 0 Å². The first-order valence-corrected chi connectivity index (χ1v) is 15.0. The van der Waals surface area contributed by atoms with Gasteiger partial charge in [0.15, 0.2) is 0 Å². The molecule has 0 unspecified atom stereocenters. The second-order valence-corrected chi connectivity index (χ2v) is 18.2. The monoisotopic (exact) mass is 302 g/mol. The summed E-state index contributed by atoms with van der Waals surface area (Å²) in [6.07, 6.45) is 14.8.